The molecule has 1 aromatic heterocycles. The molecule has 4 rings (SSSR count). The fraction of sp³-hybridized carbons (Fsp3) is 0.333. The summed E-state index contributed by atoms with van der Waals surface area (Å²) in [6.45, 7) is 12.7. The predicted octanol–water partition coefficient (Wildman–Crippen LogP) is 6.58. The molecule has 0 radical (unpaired) electrons. The number of rotatable bonds is 5. The van der Waals surface area contributed by atoms with Gasteiger partial charge in [-0.1, -0.05) is 65.8 Å². The van der Waals surface area contributed by atoms with E-state index in [1.807, 2.05) is 107 Å². The van der Waals surface area contributed by atoms with Gasteiger partial charge in [0.15, 0.2) is 5.78 Å². The molecule has 0 aliphatic heterocycles. The highest BCUT2D eigenvalue weighted by molar-refractivity contribution is 5.97. The molecule has 0 spiro atoms. The minimum absolute atomic E-state index is 0. The van der Waals surface area contributed by atoms with Gasteiger partial charge < -0.3 is 20.0 Å². The van der Waals surface area contributed by atoms with Crippen LogP contribution in [0.25, 0.3) is 11.0 Å². The second-order valence-corrected chi connectivity index (χ2v) is 11.6. The Kier molecular flexibility index (Phi) is 9.18. The molecular formula is C30H38Cl2N4O2. The molecule has 0 aliphatic carbocycles. The van der Waals surface area contributed by atoms with E-state index in [1.165, 1.54) is 0 Å². The van der Waals surface area contributed by atoms with Crippen molar-refractivity contribution in [1.29, 1.82) is 5.41 Å². The fourth-order valence-corrected chi connectivity index (χ4v) is 4.59. The lowest BCUT2D eigenvalue weighted by molar-refractivity contribution is 0.0971. The van der Waals surface area contributed by atoms with Crippen molar-refractivity contribution in [1.82, 2.24) is 9.13 Å². The van der Waals surface area contributed by atoms with Crippen molar-refractivity contribution in [2.45, 2.75) is 65.5 Å². The summed E-state index contributed by atoms with van der Waals surface area (Å²) in [5.74, 6) is 0.153. The summed E-state index contributed by atoms with van der Waals surface area (Å²) in [4.78, 5) is 13.7. The van der Waals surface area contributed by atoms with E-state index in [9.17, 15) is 9.90 Å². The zero-order valence-electron chi connectivity index (χ0n) is 22.8. The van der Waals surface area contributed by atoms with Crippen LogP contribution in [0, 0.1) is 5.41 Å². The minimum Gasteiger partial charge on any atom is -0.507 e. The highest BCUT2D eigenvalue weighted by Crippen LogP contribution is 2.40. The molecule has 0 bridgehead atoms. The summed E-state index contributed by atoms with van der Waals surface area (Å²) in [7, 11) is 0. The van der Waals surface area contributed by atoms with Gasteiger partial charge in [-0.15, -0.1) is 24.8 Å². The van der Waals surface area contributed by atoms with Crippen LogP contribution in [0.1, 0.15) is 68.6 Å². The number of nitrogens with zero attached hydrogens (tertiary/aromatic N) is 2. The summed E-state index contributed by atoms with van der Waals surface area (Å²) in [6, 6.07) is 19.0. The summed E-state index contributed by atoms with van der Waals surface area (Å²) in [6.07, 6.45) is 0. The van der Waals surface area contributed by atoms with Crippen molar-refractivity contribution in [2.24, 2.45) is 0 Å². The van der Waals surface area contributed by atoms with Gasteiger partial charge in [0.1, 0.15) is 5.75 Å². The second-order valence-electron chi connectivity index (χ2n) is 11.6. The molecule has 6 nitrogen and oxygen atoms in total. The van der Waals surface area contributed by atoms with Crippen LogP contribution in [0.3, 0.4) is 0 Å². The van der Waals surface area contributed by atoms with Crippen molar-refractivity contribution in [3.63, 3.8) is 0 Å². The number of imidazole rings is 1. The highest BCUT2D eigenvalue weighted by atomic mass is 35.5. The van der Waals surface area contributed by atoms with Gasteiger partial charge in [-0.2, -0.15) is 0 Å². The molecule has 38 heavy (non-hydrogen) atoms. The normalized spacial score (nSPS) is 11.6. The summed E-state index contributed by atoms with van der Waals surface area (Å²) < 4.78 is 3.67. The highest BCUT2D eigenvalue weighted by Gasteiger charge is 2.28. The number of phenolic OH excluding ortho intramolecular Hbond substituents is 1. The largest absolute Gasteiger partial charge is 0.507 e. The maximum Gasteiger partial charge on any atom is 0.203 e. The molecule has 0 unspecified atom stereocenters. The SMILES string of the molecule is CC(C)(C)c1cc(C(=O)Cn2c(=N)n(Cc3ccc(N)cc3)c3ccccc32)cc(C(C)(C)C)c1O.Cl.Cl. The lowest BCUT2D eigenvalue weighted by Crippen LogP contribution is -2.28. The first-order valence-corrected chi connectivity index (χ1v) is 12.3. The van der Waals surface area contributed by atoms with Gasteiger partial charge in [-0.3, -0.25) is 10.2 Å². The number of hydrogen-bond acceptors (Lipinski definition) is 4. The average Bonchev–Trinajstić information content (AvgIpc) is 3.05. The Bertz CT molecular complexity index is 1470. The molecule has 8 heteroatoms. The van der Waals surface area contributed by atoms with Crippen LogP contribution < -0.4 is 11.4 Å². The number of para-hydroxylation sites is 2. The van der Waals surface area contributed by atoms with E-state index < -0.39 is 0 Å². The molecule has 4 N–H and O–H groups in total. The second kappa shape index (κ2) is 11.3. The van der Waals surface area contributed by atoms with Crippen molar-refractivity contribution in [3.8, 4) is 5.75 Å². The van der Waals surface area contributed by atoms with Gasteiger partial charge >= 0.3 is 0 Å². The Balaban J connectivity index is 0.00000253. The number of nitrogens with two attached hydrogens (primary N) is 1. The zero-order chi connectivity index (χ0) is 26.4. The third-order valence-electron chi connectivity index (χ3n) is 6.64. The van der Waals surface area contributed by atoms with Crippen molar-refractivity contribution in [3.05, 3.63) is 88.5 Å². The van der Waals surface area contributed by atoms with Crippen LogP contribution in [-0.2, 0) is 23.9 Å². The quantitative estimate of drug-likeness (QED) is 0.191. The number of ketones is 1. The van der Waals surface area contributed by atoms with Crippen LogP contribution >= 0.6 is 24.8 Å². The predicted molar refractivity (Wildman–Crippen MR) is 160 cm³/mol. The van der Waals surface area contributed by atoms with Gasteiger partial charge in [0.25, 0.3) is 0 Å². The molecule has 0 fully saturated rings. The van der Waals surface area contributed by atoms with Gasteiger partial charge in [-0.05, 0) is 52.8 Å². The topological polar surface area (TPSA) is 97.0 Å². The van der Waals surface area contributed by atoms with Crippen molar-refractivity contribution >= 4 is 47.3 Å². The monoisotopic (exact) mass is 556 g/mol. The molecule has 0 amide bonds. The number of carbonyl (C=O) groups is 1. The lowest BCUT2D eigenvalue weighted by atomic mass is 9.78. The maximum atomic E-state index is 13.7. The molecule has 3 aromatic carbocycles. The number of benzene rings is 3. The van der Waals surface area contributed by atoms with Gasteiger partial charge in [-0.25, -0.2) is 0 Å². The Morgan fingerprint density at radius 3 is 1.79 bits per heavy atom. The van der Waals surface area contributed by atoms with E-state index in [2.05, 4.69) is 0 Å². The van der Waals surface area contributed by atoms with Gasteiger partial charge in [0, 0.05) is 22.4 Å². The molecule has 0 saturated heterocycles. The Labute approximate surface area is 236 Å². The number of Topliss-reactive ketones (excluding diaryl/α,β-unsaturated/α-hetero) is 1. The maximum absolute atomic E-state index is 13.7. The zero-order valence-corrected chi connectivity index (χ0v) is 24.5. The molecule has 0 atom stereocenters. The van der Waals surface area contributed by atoms with Crippen LogP contribution in [0.15, 0.2) is 60.7 Å². The summed E-state index contributed by atoms with van der Waals surface area (Å²) in [5, 5.41) is 20.0. The number of nitrogen functional groups attached to an aromatic ring is 1. The Morgan fingerprint density at radius 1 is 0.842 bits per heavy atom. The van der Waals surface area contributed by atoms with E-state index in [0.717, 1.165) is 27.7 Å². The van der Waals surface area contributed by atoms with Crippen LogP contribution in [0.5, 0.6) is 5.75 Å². The first-order valence-electron chi connectivity index (χ1n) is 12.3. The Hall–Kier alpha value is -3.22. The van der Waals surface area contributed by atoms with Crippen LogP contribution in [0.2, 0.25) is 0 Å². The molecule has 0 saturated carbocycles. The molecule has 204 valence electrons. The number of anilines is 1. The van der Waals surface area contributed by atoms with Crippen molar-refractivity contribution < 1.29 is 9.90 Å². The first kappa shape index (κ1) is 31.0. The number of aromatic hydroxyl groups is 1. The Morgan fingerprint density at radius 2 is 1.32 bits per heavy atom. The third kappa shape index (κ3) is 6.08. The first-order chi connectivity index (χ1) is 16.8. The summed E-state index contributed by atoms with van der Waals surface area (Å²) in [5.41, 5.74) is 10.9. The van der Waals surface area contributed by atoms with Gasteiger partial charge in [0.05, 0.1) is 24.1 Å². The number of halogens is 2. The smallest absolute Gasteiger partial charge is 0.203 e. The standard InChI is InChI=1S/C30H36N4O2.2ClH/c1-29(2,3)22-15-20(16-23(27(22)36)30(4,5)6)26(35)18-34-25-10-8-7-9-24(25)33(28(34)32)17-19-11-13-21(31)14-12-19;;/h7-16,32,36H,17-18,31H2,1-6H3;2*1H. The average molecular weight is 558 g/mol. The molecule has 4 aromatic rings. The number of aromatic nitrogens is 2. The lowest BCUT2D eigenvalue weighted by Gasteiger charge is -2.28. The number of phenols is 1. The fourth-order valence-electron chi connectivity index (χ4n) is 4.59. The number of nitrogens with one attached hydrogen (secondary N) is 1. The molecule has 1 heterocycles. The van der Waals surface area contributed by atoms with E-state index in [1.54, 1.807) is 4.57 Å². The van der Waals surface area contributed by atoms with Gasteiger partial charge in [0.2, 0.25) is 5.62 Å². The molecular weight excluding hydrogens is 519 g/mol. The van der Waals surface area contributed by atoms with E-state index in [0.29, 0.717) is 17.8 Å². The van der Waals surface area contributed by atoms with E-state index in [-0.39, 0.29) is 59.3 Å². The van der Waals surface area contributed by atoms with E-state index >= 15 is 0 Å². The van der Waals surface area contributed by atoms with Crippen LogP contribution in [-0.4, -0.2) is 20.0 Å². The number of carbonyl (C=O) groups excluding carboxylic acids is 1. The summed E-state index contributed by atoms with van der Waals surface area (Å²) >= 11 is 0. The number of fused-ring (bicyclic) bond motifs is 1. The number of hydrogen-bond donors (Lipinski definition) is 3. The minimum atomic E-state index is -0.330. The third-order valence-corrected chi connectivity index (χ3v) is 6.64. The van der Waals surface area contributed by atoms with Crippen molar-refractivity contribution in [2.75, 3.05) is 5.73 Å². The molecule has 0 aliphatic rings. The van der Waals surface area contributed by atoms with E-state index in [4.69, 9.17) is 11.1 Å². The van der Waals surface area contributed by atoms with Crippen LogP contribution in [0.4, 0.5) is 5.69 Å².